The van der Waals surface area contributed by atoms with Crippen LogP contribution in [0.1, 0.15) is 49.8 Å². The largest absolute Gasteiger partial charge is 0.416 e. The van der Waals surface area contributed by atoms with Crippen molar-refractivity contribution in [2.45, 2.75) is 44.8 Å². The average Bonchev–Trinajstić information content (AvgIpc) is 2.27. The molecule has 110 valence electrons. The van der Waals surface area contributed by atoms with Gasteiger partial charge in [-0.3, -0.25) is 0 Å². The molecule has 0 aliphatic heterocycles. The van der Waals surface area contributed by atoms with Gasteiger partial charge in [0.1, 0.15) is 5.82 Å². The lowest BCUT2D eigenvalue weighted by Gasteiger charge is -2.14. The highest BCUT2D eigenvalue weighted by molar-refractivity contribution is 5.85. The molecule has 0 spiro atoms. The summed E-state index contributed by atoms with van der Waals surface area (Å²) in [5.41, 5.74) is 5.01. The van der Waals surface area contributed by atoms with Gasteiger partial charge in [0.2, 0.25) is 0 Å². The van der Waals surface area contributed by atoms with Crippen molar-refractivity contribution >= 4 is 12.4 Å². The number of hydrogen-bond donors (Lipinski definition) is 1. The Morgan fingerprint density at radius 1 is 1.16 bits per heavy atom. The van der Waals surface area contributed by atoms with Crippen molar-refractivity contribution in [3.63, 3.8) is 0 Å². The molecule has 19 heavy (non-hydrogen) atoms. The van der Waals surface area contributed by atoms with Crippen LogP contribution >= 0.6 is 12.4 Å². The average molecular weight is 300 g/mol. The van der Waals surface area contributed by atoms with E-state index < -0.39 is 23.6 Å². The summed E-state index contributed by atoms with van der Waals surface area (Å²) in [5.74, 6) is -0.897. The fraction of sp³-hybridized carbons (Fsp3) is 0.538. The minimum Gasteiger partial charge on any atom is -0.324 e. The highest BCUT2D eigenvalue weighted by Crippen LogP contribution is 2.32. The number of halogens is 5. The summed E-state index contributed by atoms with van der Waals surface area (Å²) in [6.45, 7) is 2.02. The Morgan fingerprint density at radius 3 is 2.32 bits per heavy atom. The third kappa shape index (κ3) is 5.78. The van der Waals surface area contributed by atoms with E-state index in [2.05, 4.69) is 0 Å². The Balaban J connectivity index is 0.00000324. The second kappa shape index (κ2) is 7.70. The molecule has 0 bridgehead atoms. The number of rotatable bonds is 5. The fourth-order valence-corrected chi connectivity index (χ4v) is 1.77. The topological polar surface area (TPSA) is 26.0 Å². The molecule has 0 heterocycles. The van der Waals surface area contributed by atoms with E-state index in [1.165, 1.54) is 0 Å². The monoisotopic (exact) mass is 299 g/mol. The molecular weight excluding hydrogens is 282 g/mol. The first kappa shape index (κ1) is 18.2. The van der Waals surface area contributed by atoms with Gasteiger partial charge in [0, 0.05) is 6.04 Å². The van der Waals surface area contributed by atoms with Crippen molar-refractivity contribution in [2.75, 3.05) is 0 Å². The maximum atomic E-state index is 13.2. The second-order valence-corrected chi connectivity index (χ2v) is 4.37. The van der Waals surface area contributed by atoms with Crippen molar-refractivity contribution in [1.82, 2.24) is 0 Å². The maximum absolute atomic E-state index is 13.2. The van der Waals surface area contributed by atoms with Gasteiger partial charge in [0.05, 0.1) is 5.56 Å². The number of benzene rings is 1. The molecular formula is C13H18ClF4N. The number of unbranched alkanes of at least 4 members (excludes halogenated alkanes) is 2. The molecule has 1 nitrogen and oxygen atoms in total. The molecule has 1 aromatic carbocycles. The van der Waals surface area contributed by atoms with Gasteiger partial charge in [-0.1, -0.05) is 26.2 Å². The van der Waals surface area contributed by atoms with Gasteiger partial charge in [-0.15, -0.1) is 12.4 Å². The number of nitrogens with two attached hydrogens (primary N) is 1. The van der Waals surface area contributed by atoms with E-state index in [0.717, 1.165) is 31.4 Å². The minimum absolute atomic E-state index is 0. The van der Waals surface area contributed by atoms with E-state index >= 15 is 0 Å². The highest BCUT2D eigenvalue weighted by Gasteiger charge is 2.31. The quantitative estimate of drug-likeness (QED) is 0.610. The zero-order valence-electron chi connectivity index (χ0n) is 10.6. The van der Waals surface area contributed by atoms with E-state index in [9.17, 15) is 17.6 Å². The highest BCUT2D eigenvalue weighted by atomic mass is 35.5. The third-order valence-corrected chi connectivity index (χ3v) is 2.79. The fourth-order valence-electron chi connectivity index (χ4n) is 1.77. The summed E-state index contributed by atoms with van der Waals surface area (Å²) in [6, 6.07) is 1.95. The predicted molar refractivity (Wildman–Crippen MR) is 69.7 cm³/mol. The molecule has 0 saturated carbocycles. The molecule has 0 aliphatic carbocycles. The minimum atomic E-state index is -4.54. The number of hydrogen-bond acceptors (Lipinski definition) is 1. The Labute approximate surface area is 116 Å². The number of alkyl halides is 3. The van der Waals surface area contributed by atoms with Gasteiger partial charge in [-0.25, -0.2) is 4.39 Å². The smallest absolute Gasteiger partial charge is 0.324 e. The van der Waals surface area contributed by atoms with E-state index in [0.29, 0.717) is 12.5 Å². The van der Waals surface area contributed by atoms with E-state index in [-0.39, 0.29) is 18.0 Å². The first-order chi connectivity index (χ1) is 8.34. The van der Waals surface area contributed by atoms with Gasteiger partial charge in [-0.05, 0) is 30.2 Å². The molecule has 1 rings (SSSR count). The summed E-state index contributed by atoms with van der Waals surface area (Å²) in [5, 5.41) is 0. The van der Waals surface area contributed by atoms with Crippen LogP contribution in [0.25, 0.3) is 0 Å². The zero-order valence-corrected chi connectivity index (χ0v) is 11.5. The van der Waals surface area contributed by atoms with E-state index in [1.807, 2.05) is 6.92 Å². The van der Waals surface area contributed by atoms with Crippen molar-refractivity contribution < 1.29 is 17.6 Å². The molecule has 0 amide bonds. The van der Waals surface area contributed by atoms with E-state index in [1.54, 1.807) is 0 Å². The SMILES string of the molecule is CCCCC[C@@H](N)c1cc(F)cc(C(F)(F)F)c1.Cl. The third-order valence-electron chi connectivity index (χ3n) is 2.79. The van der Waals surface area contributed by atoms with Crippen LogP contribution in [0.5, 0.6) is 0 Å². The van der Waals surface area contributed by atoms with Crippen LogP contribution in [0, 0.1) is 5.82 Å². The van der Waals surface area contributed by atoms with Crippen LogP contribution in [0.4, 0.5) is 17.6 Å². The van der Waals surface area contributed by atoms with Gasteiger partial charge in [0.15, 0.2) is 0 Å². The van der Waals surface area contributed by atoms with Crippen LogP contribution < -0.4 is 5.73 Å². The van der Waals surface area contributed by atoms with Gasteiger partial charge in [0.25, 0.3) is 0 Å². The Hall–Kier alpha value is -0.810. The van der Waals surface area contributed by atoms with Crippen LogP contribution in [0.2, 0.25) is 0 Å². The maximum Gasteiger partial charge on any atom is 0.416 e. The Kier molecular flexibility index (Phi) is 7.37. The summed E-state index contributed by atoms with van der Waals surface area (Å²) in [4.78, 5) is 0. The summed E-state index contributed by atoms with van der Waals surface area (Å²) in [7, 11) is 0. The van der Waals surface area contributed by atoms with Crippen LogP contribution in [-0.2, 0) is 6.18 Å². The lowest BCUT2D eigenvalue weighted by atomic mass is 9.99. The molecule has 6 heteroatoms. The first-order valence-electron chi connectivity index (χ1n) is 5.98. The van der Waals surface area contributed by atoms with E-state index in [4.69, 9.17) is 5.73 Å². The zero-order chi connectivity index (χ0) is 13.8. The molecule has 0 aliphatic rings. The van der Waals surface area contributed by atoms with Crippen LogP contribution in [0.3, 0.4) is 0 Å². The van der Waals surface area contributed by atoms with Gasteiger partial charge >= 0.3 is 6.18 Å². The molecule has 0 aromatic heterocycles. The van der Waals surface area contributed by atoms with Crippen molar-refractivity contribution in [3.8, 4) is 0 Å². The van der Waals surface area contributed by atoms with Gasteiger partial charge < -0.3 is 5.73 Å². The molecule has 1 aromatic rings. The molecule has 0 saturated heterocycles. The molecule has 0 fully saturated rings. The first-order valence-corrected chi connectivity index (χ1v) is 5.98. The van der Waals surface area contributed by atoms with Gasteiger partial charge in [-0.2, -0.15) is 13.2 Å². The summed E-state index contributed by atoms with van der Waals surface area (Å²) in [6.07, 6.45) is -1.18. The van der Waals surface area contributed by atoms with Crippen molar-refractivity contribution in [3.05, 3.63) is 35.1 Å². The van der Waals surface area contributed by atoms with Crippen molar-refractivity contribution in [1.29, 1.82) is 0 Å². The summed E-state index contributed by atoms with van der Waals surface area (Å²) >= 11 is 0. The normalized spacial score (nSPS) is 12.9. The Morgan fingerprint density at radius 2 is 1.79 bits per heavy atom. The molecule has 0 unspecified atom stereocenters. The predicted octanol–water partition coefficient (Wildman–Crippen LogP) is 4.85. The molecule has 2 N–H and O–H groups in total. The van der Waals surface area contributed by atoms with Crippen LogP contribution in [0.15, 0.2) is 18.2 Å². The standard InChI is InChI=1S/C13H17F4N.ClH/c1-2-3-4-5-12(18)9-6-10(13(15,16)17)8-11(14)7-9;/h6-8,12H,2-5,18H2,1H3;1H/t12-;/m1./s1. The molecule has 1 atom stereocenters. The summed E-state index contributed by atoms with van der Waals surface area (Å²) < 4.78 is 50.7. The van der Waals surface area contributed by atoms with Crippen LogP contribution in [-0.4, -0.2) is 0 Å². The Bertz CT molecular complexity index is 393. The molecule has 0 radical (unpaired) electrons. The lowest BCUT2D eigenvalue weighted by Crippen LogP contribution is -2.13. The lowest BCUT2D eigenvalue weighted by molar-refractivity contribution is -0.137. The second-order valence-electron chi connectivity index (χ2n) is 4.37. The van der Waals surface area contributed by atoms with Crippen molar-refractivity contribution in [2.24, 2.45) is 5.73 Å².